The molecule has 0 unspecified atom stereocenters. The van der Waals surface area contributed by atoms with E-state index >= 15 is 0 Å². The number of rotatable bonds is 18. The van der Waals surface area contributed by atoms with E-state index in [1.54, 1.807) is 6.08 Å². The monoisotopic (exact) mass is 476 g/mol. The molecule has 178 valence electrons. The Kier molecular flexibility index (Phi) is 15.9. The van der Waals surface area contributed by atoms with Crippen LogP contribution < -0.4 is 9.47 Å². The van der Waals surface area contributed by atoms with Gasteiger partial charge >= 0.3 is 0 Å². The van der Waals surface area contributed by atoms with E-state index < -0.39 is 0 Å². The molecule has 0 bridgehead atoms. The predicted molar refractivity (Wildman–Crippen MR) is 128 cm³/mol. The maximum atomic E-state index is 6.09. The van der Waals surface area contributed by atoms with E-state index in [9.17, 15) is 0 Å². The molecule has 0 aliphatic carbocycles. The van der Waals surface area contributed by atoms with Crippen LogP contribution in [0.5, 0.6) is 11.5 Å². The van der Waals surface area contributed by atoms with Gasteiger partial charge in [0.2, 0.25) is 0 Å². The Bertz CT molecular complexity index is 627. The number of hydrogen-bond acceptors (Lipinski definition) is 5. The van der Waals surface area contributed by atoms with Crippen molar-refractivity contribution in [1.82, 2.24) is 0 Å². The van der Waals surface area contributed by atoms with Gasteiger partial charge in [-0.1, -0.05) is 30.1 Å². The van der Waals surface area contributed by atoms with Gasteiger partial charge in [0.15, 0.2) is 6.29 Å². The van der Waals surface area contributed by atoms with Gasteiger partial charge < -0.3 is 23.7 Å². The molecule has 0 saturated heterocycles. The standard InChI is InChI=1S/C24H38Cl2O5/c1-5-20-18-21(30-16-11-22(25)26)17-19(4)24(20)31-14-10-8-9-13-27-15-12-23(28-6-2)29-7-3/h11,17-18,23H,5-10,12-16H2,1-4H3. The molecule has 0 radical (unpaired) electrons. The number of hydrogen-bond donors (Lipinski definition) is 0. The van der Waals surface area contributed by atoms with Crippen LogP contribution in [0, 0.1) is 6.92 Å². The molecule has 5 nitrogen and oxygen atoms in total. The third kappa shape index (κ3) is 12.6. The quantitative estimate of drug-likeness (QED) is 0.176. The normalized spacial score (nSPS) is 11.1. The molecule has 0 aliphatic heterocycles. The number of halogens is 2. The minimum Gasteiger partial charge on any atom is -0.493 e. The second-order valence-corrected chi connectivity index (χ2v) is 8.05. The lowest BCUT2D eigenvalue weighted by molar-refractivity contribution is -0.146. The molecule has 1 rings (SSSR count). The van der Waals surface area contributed by atoms with Crippen molar-refractivity contribution in [2.75, 3.05) is 39.6 Å². The van der Waals surface area contributed by atoms with Crippen molar-refractivity contribution < 1.29 is 23.7 Å². The Hall–Kier alpha value is -0.980. The van der Waals surface area contributed by atoms with Gasteiger partial charge in [0, 0.05) is 26.2 Å². The minimum atomic E-state index is -0.161. The molecular formula is C24H38Cl2O5. The van der Waals surface area contributed by atoms with E-state index in [4.69, 9.17) is 46.9 Å². The Morgan fingerprint density at radius 3 is 2.29 bits per heavy atom. The smallest absolute Gasteiger partial charge is 0.159 e. The molecule has 0 heterocycles. The lowest BCUT2D eigenvalue weighted by atomic mass is 10.1. The number of ether oxygens (including phenoxy) is 5. The largest absolute Gasteiger partial charge is 0.493 e. The van der Waals surface area contributed by atoms with Crippen molar-refractivity contribution in [2.24, 2.45) is 0 Å². The van der Waals surface area contributed by atoms with Crippen LogP contribution in [0.2, 0.25) is 0 Å². The lowest BCUT2D eigenvalue weighted by Gasteiger charge is -2.17. The third-order valence-electron chi connectivity index (χ3n) is 4.58. The van der Waals surface area contributed by atoms with E-state index in [1.807, 2.05) is 32.9 Å². The molecule has 1 aromatic rings. The van der Waals surface area contributed by atoms with Crippen molar-refractivity contribution in [2.45, 2.75) is 66.1 Å². The summed E-state index contributed by atoms with van der Waals surface area (Å²) in [5.41, 5.74) is 2.20. The first kappa shape index (κ1) is 28.1. The van der Waals surface area contributed by atoms with Crippen LogP contribution in [0.4, 0.5) is 0 Å². The average Bonchev–Trinajstić information content (AvgIpc) is 2.73. The van der Waals surface area contributed by atoms with Gasteiger partial charge in [-0.05, 0) is 75.8 Å². The predicted octanol–water partition coefficient (Wildman–Crippen LogP) is 6.61. The van der Waals surface area contributed by atoms with E-state index in [1.165, 1.54) is 0 Å². The molecule has 0 fully saturated rings. The minimum absolute atomic E-state index is 0.161. The van der Waals surface area contributed by atoms with Crippen LogP contribution in [0.15, 0.2) is 22.7 Å². The van der Waals surface area contributed by atoms with Gasteiger partial charge in [-0.3, -0.25) is 0 Å². The average molecular weight is 477 g/mol. The molecule has 1 aromatic carbocycles. The summed E-state index contributed by atoms with van der Waals surface area (Å²) < 4.78 is 28.7. The van der Waals surface area contributed by atoms with Gasteiger partial charge in [0.1, 0.15) is 22.6 Å². The molecule has 0 amide bonds. The van der Waals surface area contributed by atoms with Crippen LogP contribution in [0.3, 0.4) is 0 Å². The van der Waals surface area contributed by atoms with E-state index in [2.05, 4.69) is 6.92 Å². The second kappa shape index (κ2) is 17.6. The Morgan fingerprint density at radius 1 is 0.935 bits per heavy atom. The summed E-state index contributed by atoms with van der Waals surface area (Å²) in [6, 6.07) is 4.00. The van der Waals surface area contributed by atoms with Gasteiger partial charge in [-0.25, -0.2) is 0 Å². The van der Waals surface area contributed by atoms with Crippen molar-refractivity contribution in [1.29, 1.82) is 0 Å². The highest BCUT2D eigenvalue weighted by molar-refractivity contribution is 6.55. The highest BCUT2D eigenvalue weighted by Crippen LogP contribution is 2.30. The van der Waals surface area contributed by atoms with Crippen molar-refractivity contribution in [3.05, 3.63) is 33.8 Å². The molecule has 31 heavy (non-hydrogen) atoms. The fourth-order valence-corrected chi connectivity index (χ4v) is 3.22. The zero-order valence-electron chi connectivity index (χ0n) is 19.4. The summed E-state index contributed by atoms with van der Waals surface area (Å²) >= 11 is 11.2. The summed E-state index contributed by atoms with van der Waals surface area (Å²) in [4.78, 5) is 0. The zero-order chi connectivity index (χ0) is 22.9. The summed E-state index contributed by atoms with van der Waals surface area (Å²) in [5, 5.41) is 0. The first-order valence-corrected chi connectivity index (χ1v) is 12.0. The SMILES string of the molecule is CCOC(CCOCCCCCOc1c(C)cc(OCC=C(Cl)Cl)cc1CC)OCC. The molecule has 0 spiro atoms. The van der Waals surface area contributed by atoms with Crippen molar-refractivity contribution in [3.8, 4) is 11.5 Å². The van der Waals surface area contributed by atoms with Crippen LogP contribution in [0.1, 0.15) is 57.6 Å². The summed E-state index contributed by atoms with van der Waals surface area (Å²) in [5.74, 6) is 1.75. The van der Waals surface area contributed by atoms with Crippen molar-refractivity contribution in [3.63, 3.8) is 0 Å². The number of unbranched alkanes of at least 4 members (excludes halogenated alkanes) is 2. The van der Waals surface area contributed by atoms with Gasteiger partial charge in [-0.15, -0.1) is 0 Å². The van der Waals surface area contributed by atoms with Gasteiger partial charge in [0.25, 0.3) is 0 Å². The molecule has 0 atom stereocenters. The molecule has 0 saturated carbocycles. The van der Waals surface area contributed by atoms with Gasteiger partial charge in [-0.2, -0.15) is 0 Å². The summed E-state index contributed by atoms with van der Waals surface area (Å²) in [7, 11) is 0. The number of benzene rings is 1. The van der Waals surface area contributed by atoms with Crippen molar-refractivity contribution >= 4 is 23.2 Å². The Labute approximate surface area is 197 Å². The number of aryl methyl sites for hydroxylation is 2. The second-order valence-electron chi connectivity index (χ2n) is 7.04. The highest BCUT2D eigenvalue weighted by atomic mass is 35.5. The van der Waals surface area contributed by atoms with Crippen LogP contribution >= 0.6 is 23.2 Å². The Morgan fingerprint density at radius 2 is 1.65 bits per heavy atom. The van der Waals surface area contributed by atoms with Gasteiger partial charge in [0.05, 0.1) is 13.2 Å². The summed E-state index contributed by atoms with van der Waals surface area (Å²) in [6.45, 7) is 11.8. The fraction of sp³-hybridized carbons (Fsp3) is 0.667. The van der Waals surface area contributed by atoms with Crippen LogP contribution in [-0.2, 0) is 20.6 Å². The molecule has 0 aliphatic rings. The van der Waals surface area contributed by atoms with E-state index in [-0.39, 0.29) is 10.8 Å². The van der Waals surface area contributed by atoms with Crippen LogP contribution in [-0.4, -0.2) is 45.9 Å². The first-order chi connectivity index (χ1) is 15.0. The van der Waals surface area contributed by atoms with E-state index in [0.29, 0.717) is 33.0 Å². The molecular weight excluding hydrogens is 439 g/mol. The maximum absolute atomic E-state index is 6.09. The lowest BCUT2D eigenvalue weighted by Crippen LogP contribution is -2.19. The molecule has 0 N–H and O–H groups in total. The molecule has 0 aromatic heterocycles. The topological polar surface area (TPSA) is 46.2 Å². The third-order valence-corrected chi connectivity index (χ3v) is 4.88. The first-order valence-electron chi connectivity index (χ1n) is 11.2. The zero-order valence-corrected chi connectivity index (χ0v) is 20.9. The highest BCUT2D eigenvalue weighted by Gasteiger charge is 2.10. The fourth-order valence-electron chi connectivity index (χ4n) is 3.09. The maximum Gasteiger partial charge on any atom is 0.159 e. The Balaban J connectivity index is 2.27. The summed E-state index contributed by atoms with van der Waals surface area (Å²) in [6.07, 6.45) is 6.16. The van der Waals surface area contributed by atoms with E-state index in [0.717, 1.165) is 61.3 Å². The van der Waals surface area contributed by atoms with Crippen LogP contribution in [0.25, 0.3) is 0 Å². The molecule has 7 heteroatoms.